The van der Waals surface area contributed by atoms with Gasteiger partial charge in [0.05, 0.1) is 18.4 Å². The predicted octanol–water partition coefficient (Wildman–Crippen LogP) is 3.91. The maximum atomic E-state index is 12.4. The summed E-state index contributed by atoms with van der Waals surface area (Å²) in [6.45, 7) is 3.45. The molecule has 0 aliphatic rings. The van der Waals surface area contributed by atoms with Crippen molar-refractivity contribution in [1.82, 2.24) is 0 Å². The number of methoxy groups -OCH3 is 1. The van der Waals surface area contributed by atoms with E-state index in [0.717, 1.165) is 10.5 Å². The summed E-state index contributed by atoms with van der Waals surface area (Å²) in [4.78, 5) is 25.5. The standard InChI is InChI=1S/C19H21NO4S/c1-12-9-10-16(23-3)15(11-12)20-18(21)13(2)24-19(22)14-7-5-6-8-17(14)25-4/h5-11,13H,1-4H3,(H,20,21)/t13-/m1/s1. The number of nitrogens with one attached hydrogen (secondary N) is 1. The molecule has 132 valence electrons. The third kappa shape index (κ3) is 4.76. The first-order valence-corrected chi connectivity index (χ1v) is 8.98. The van der Waals surface area contributed by atoms with Crippen LogP contribution >= 0.6 is 11.8 Å². The summed E-state index contributed by atoms with van der Waals surface area (Å²) in [5, 5.41) is 2.74. The molecule has 0 bridgehead atoms. The van der Waals surface area contributed by atoms with Crippen molar-refractivity contribution in [3.05, 3.63) is 53.6 Å². The predicted molar refractivity (Wildman–Crippen MR) is 99.5 cm³/mol. The molecule has 5 nitrogen and oxygen atoms in total. The summed E-state index contributed by atoms with van der Waals surface area (Å²) in [7, 11) is 1.53. The van der Waals surface area contributed by atoms with E-state index >= 15 is 0 Å². The van der Waals surface area contributed by atoms with Crippen molar-refractivity contribution in [1.29, 1.82) is 0 Å². The first-order valence-electron chi connectivity index (χ1n) is 7.75. The number of benzene rings is 2. The van der Waals surface area contributed by atoms with Gasteiger partial charge in [0.25, 0.3) is 5.91 Å². The van der Waals surface area contributed by atoms with Crippen LogP contribution in [-0.2, 0) is 9.53 Å². The Kier molecular flexibility index (Phi) is 6.47. The number of amides is 1. The summed E-state index contributed by atoms with van der Waals surface area (Å²) in [6.07, 6.45) is 0.944. The molecular weight excluding hydrogens is 338 g/mol. The molecule has 2 aromatic carbocycles. The van der Waals surface area contributed by atoms with Crippen LogP contribution in [0, 0.1) is 6.92 Å². The molecule has 0 heterocycles. The average Bonchev–Trinajstić information content (AvgIpc) is 2.61. The average molecular weight is 359 g/mol. The van der Waals surface area contributed by atoms with Gasteiger partial charge in [-0.25, -0.2) is 4.79 Å². The molecule has 1 atom stereocenters. The number of carbonyl (C=O) groups is 2. The van der Waals surface area contributed by atoms with E-state index in [1.54, 1.807) is 24.3 Å². The molecule has 25 heavy (non-hydrogen) atoms. The van der Waals surface area contributed by atoms with Crippen molar-refractivity contribution in [2.75, 3.05) is 18.7 Å². The molecule has 6 heteroatoms. The van der Waals surface area contributed by atoms with Crippen LogP contribution in [0.1, 0.15) is 22.8 Å². The summed E-state index contributed by atoms with van der Waals surface area (Å²) < 4.78 is 10.5. The van der Waals surface area contributed by atoms with Gasteiger partial charge in [0.2, 0.25) is 0 Å². The second-order valence-corrected chi connectivity index (χ2v) is 6.29. The van der Waals surface area contributed by atoms with E-state index in [4.69, 9.17) is 9.47 Å². The largest absolute Gasteiger partial charge is 0.495 e. The van der Waals surface area contributed by atoms with E-state index in [-0.39, 0.29) is 0 Å². The highest BCUT2D eigenvalue weighted by molar-refractivity contribution is 7.98. The lowest BCUT2D eigenvalue weighted by atomic mass is 10.2. The first-order chi connectivity index (χ1) is 12.0. The van der Waals surface area contributed by atoms with E-state index in [9.17, 15) is 9.59 Å². The first kappa shape index (κ1) is 18.9. The summed E-state index contributed by atoms with van der Waals surface area (Å²) in [5.41, 5.74) is 1.97. The van der Waals surface area contributed by atoms with Gasteiger partial charge >= 0.3 is 5.97 Å². The van der Waals surface area contributed by atoms with Crippen molar-refractivity contribution in [3.8, 4) is 5.75 Å². The zero-order valence-corrected chi connectivity index (χ0v) is 15.5. The van der Waals surface area contributed by atoms with E-state index in [0.29, 0.717) is 17.0 Å². The lowest BCUT2D eigenvalue weighted by molar-refractivity contribution is -0.123. The Morgan fingerprint density at radius 2 is 1.88 bits per heavy atom. The molecule has 0 fully saturated rings. The van der Waals surface area contributed by atoms with Crippen LogP contribution in [0.3, 0.4) is 0 Å². The molecule has 0 aliphatic heterocycles. The van der Waals surface area contributed by atoms with Gasteiger partial charge in [-0.1, -0.05) is 18.2 Å². The number of hydrogen-bond donors (Lipinski definition) is 1. The third-order valence-electron chi connectivity index (χ3n) is 3.59. The molecule has 1 N–H and O–H groups in total. The molecule has 0 spiro atoms. The van der Waals surface area contributed by atoms with Crippen LogP contribution in [0.15, 0.2) is 47.4 Å². The Hall–Kier alpha value is -2.47. The minimum atomic E-state index is -0.937. The fourth-order valence-electron chi connectivity index (χ4n) is 2.24. The summed E-state index contributed by atoms with van der Waals surface area (Å²) >= 11 is 1.45. The number of anilines is 1. The van der Waals surface area contributed by atoms with Crippen molar-refractivity contribution >= 4 is 29.3 Å². The summed E-state index contributed by atoms with van der Waals surface area (Å²) in [6, 6.07) is 12.6. The molecular formula is C19H21NO4S. The monoisotopic (exact) mass is 359 g/mol. The molecule has 2 rings (SSSR count). The smallest absolute Gasteiger partial charge is 0.340 e. The highest BCUT2D eigenvalue weighted by atomic mass is 32.2. The SMILES string of the molecule is COc1ccc(C)cc1NC(=O)[C@@H](C)OC(=O)c1ccccc1SC. The fraction of sp³-hybridized carbons (Fsp3) is 0.263. The minimum Gasteiger partial charge on any atom is -0.495 e. The maximum Gasteiger partial charge on any atom is 0.340 e. The molecule has 0 unspecified atom stereocenters. The van der Waals surface area contributed by atoms with Gasteiger partial charge in [0, 0.05) is 4.90 Å². The van der Waals surface area contributed by atoms with Gasteiger partial charge in [0.1, 0.15) is 5.75 Å². The summed E-state index contributed by atoms with van der Waals surface area (Å²) in [5.74, 6) is -0.395. The van der Waals surface area contributed by atoms with Crippen molar-refractivity contribution in [2.24, 2.45) is 0 Å². The van der Waals surface area contributed by atoms with Gasteiger partial charge in [-0.2, -0.15) is 0 Å². The second-order valence-electron chi connectivity index (χ2n) is 5.44. The van der Waals surface area contributed by atoms with Gasteiger partial charge in [-0.05, 0) is 49.9 Å². The number of rotatable bonds is 6. The zero-order valence-electron chi connectivity index (χ0n) is 14.7. The van der Waals surface area contributed by atoms with Crippen molar-refractivity contribution < 1.29 is 19.1 Å². The lowest BCUT2D eigenvalue weighted by Crippen LogP contribution is -2.30. The fourth-order valence-corrected chi connectivity index (χ4v) is 2.83. The molecule has 0 saturated heterocycles. The molecule has 0 radical (unpaired) electrons. The Bertz CT molecular complexity index is 776. The Labute approximate surface area is 151 Å². The number of esters is 1. The van der Waals surface area contributed by atoms with Gasteiger partial charge < -0.3 is 14.8 Å². The number of aryl methyl sites for hydroxylation is 1. The van der Waals surface area contributed by atoms with Crippen LogP contribution in [0.25, 0.3) is 0 Å². The highest BCUT2D eigenvalue weighted by Crippen LogP contribution is 2.26. The number of hydrogen-bond acceptors (Lipinski definition) is 5. The van der Waals surface area contributed by atoms with Crippen LogP contribution in [0.5, 0.6) is 5.75 Å². The Balaban J connectivity index is 2.08. The van der Waals surface area contributed by atoms with E-state index in [1.165, 1.54) is 25.8 Å². The Morgan fingerprint density at radius 3 is 2.56 bits per heavy atom. The van der Waals surface area contributed by atoms with E-state index in [2.05, 4.69) is 5.32 Å². The number of thioether (sulfide) groups is 1. The van der Waals surface area contributed by atoms with Crippen LogP contribution < -0.4 is 10.1 Å². The minimum absolute atomic E-state index is 0.418. The number of ether oxygens (including phenoxy) is 2. The topological polar surface area (TPSA) is 64.6 Å². The van der Waals surface area contributed by atoms with Crippen LogP contribution in [0.4, 0.5) is 5.69 Å². The molecule has 0 aromatic heterocycles. The molecule has 0 aliphatic carbocycles. The van der Waals surface area contributed by atoms with Crippen LogP contribution in [-0.4, -0.2) is 31.3 Å². The molecule has 1 amide bonds. The van der Waals surface area contributed by atoms with E-state index in [1.807, 2.05) is 31.4 Å². The van der Waals surface area contributed by atoms with Crippen LogP contribution in [0.2, 0.25) is 0 Å². The molecule has 0 saturated carbocycles. The Morgan fingerprint density at radius 1 is 1.16 bits per heavy atom. The quantitative estimate of drug-likeness (QED) is 0.626. The lowest BCUT2D eigenvalue weighted by Gasteiger charge is -2.16. The van der Waals surface area contributed by atoms with E-state index < -0.39 is 18.0 Å². The van der Waals surface area contributed by atoms with Gasteiger partial charge in [0.15, 0.2) is 6.10 Å². The van der Waals surface area contributed by atoms with Crippen molar-refractivity contribution in [2.45, 2.75) is 24.8 Å². The molecule has 2 aromatic rings. The van der Waals surface area contributed by atoms with Gasteiger partial charge in [-0.3, -0.25) is 4.79 Å². The highest BCUT2D eigenvalue weighted by Gasteiger charge is 2.21. The number of carbonyl (C=O) groups excluding carboxylic acids is 2. The van der Waals surface area contributed by atoms with Crippen molar-refractivity contribution in [3.63, 3.8) is 0 Å². The normalized spacial score (nSPS) is 11.5. The zero-order chi connectivity index (χ0) is 18.4. The third-order valence-corrected chi connectivity index (χ3v) is 4.39. The second kappa shape index (κ2) is 8.58. The van der Waals surface area contributed by atoms with Gasteiger partial charge in [-0.15, -0.1) is 11.8 Å². The maximum absolute atomic E-state index is 12.4.